The first-order valence-electron chi connectivity index (χ1n) is 10.6. The van der Waals surface area contributed by atoms with Crippen molar-refractivity contribution < 1.29 is 14.6 Å². The fourth-order valence-electron chi connectivity index (χ4n) is 4.97. The second-order valence-electron chi connectivity index (χ2n) is 8.29. The summed E-state index contributed by atoms with van der Waals surface area (Å²) in [6, 6.07) is 0. The minimum Gasteiger partial charge on any atom is -0.462 e. The van der Waals surface area contributed by atoms with Gasteiger partial charge in [0.05, 0.1) is 0 Å². The van der Waals surface area contributed by atoms with E-state index >= 15 is 0 Å². The number of hydrogen-bond acceptors (Lipinski definition) is 4. The van der Waals surface area contributed by atoms with Gasteiger partial charge < -0.3 is 14.7 Å². The van der Waals surface area contributed by atoms with Crippen molar-refractivity contribution in [3.63, 3.8) is 0 Å². The molecule has 0 aromatic rings. The fraction of sp³-hybridized carbons (Fsp3) is 0.952. The van der Waals surface area contributed by atoms with Crippen LogP contribution in [0.25, 0.3) is 0 Å². The number of carbonyl (C=O) groups excluding carboxylic acids is 1. The largest absolute Gasteiger partial charge is 0.462 e. The summed E-state index contributed by atoms with van der Waals surface area (Å²) in [6.07, 6.45) is 9.66. The Balaban J connectivity index is 0.00000338. The molecule has 0 aliphatic heterocycles. The molecule has 0 amide bonds. The monoisotopic (exact) mass is 389 g/mol. The van der Waals surface area contributed by atoms with Crippen molar-refractivity contribution in [2.45, 2.75) is 84.2 Å². The second kappa shape index (κ2) is 11.5. The van der Waals surface area contributed by atoms with Crippen LogP contribution in [0, 0.1) is 17.8 Å². The number of ether oxygens (including phenoxy) is 1. The van der Waals surface area contributed by atoms with Gasteiger partial charge in [-0.15, -0.1) is 12.4 Å². The zero-order valence-electron chi connectivity index (χ0n) is 17.0. The molecule has 2 aliphatic rings. The van der Waals surface area contributed by atoms with Crippen LogP contribution in [0.5, 0.6) is 0 Å². The molecule has 2 fully saturated rings. The van der Waals surface area contributed by atoms with Gasteiger partial charge in [0.1, 0.15) is 6.61 Å². The van der Waals surface area contributed by atoms with Crippen molar-refractivity contribution in [2.75, 3.05) is 26.2 Å². The molecule has 0 radical (unpaired) electrons. The first kappa shape index (κ1) is 23.7. The Morgan fingerprint density at radius 1 is 1.04 bits per heavy atom. The van der Waals surface area contributed by atoms with Gasteiger partial charge in [0.2, 0.25) is 0 Å². The predicted octanol–water partition coefficient (Wildman–Crippen LogP) is 4.43. The highest BCUT2D eigenvalue weighted by atomic mass is 35.5. The number of halogens is 1. The van der Waals surface area contributed by atoms with Crippen LogP contribution in [-0.4, -0.2) is 47.8 Å². The van der Waals surface area contributed by atoms with Gasteiger partial charge in [-0.3, -0.25) is 0 Å². The minimum absolute atomic E-state index is 0. The smallest absolute Gasteiger partial charge is 0.338 e. The highest BCUT2D eigenvalue weighted by Gasteiger charge is 2.51. The molecular weight excluding hydrogens is 350 g/mol. The number of hydrogen-bond donors (Lipinski definition) is 1. The van der Waals surface area contributed by atoms with Crippen molar-refractivity contribution in [3.8, 4) is 0 Å². The molecule has 5 heteroatoms. The van der Waals surface area contributed by atoms with E-state index in [4.69, 9.17) is 4.74 Å². The summed E-state index contributed by atoms with van der Waals surface area (Å²) in [4.78, 5) is 15.3. The number of rotatable bonds is 8. The maximum Gasteiger partial charge on any atom is 0.338 e. The molecule has 26 heavy (non-hydrogen) atoms. The van der Waals surface area contributed by atoms with Crippen LogP contribution < -0.4 is 0 Å². The van der Waals surface area contributed by atoms with E-state index in [1.807, 2.05) is 0 Å². The summed E-state index contributed by atoms with van der Waals surface area (Å²) in [6.45, 7) is 9.54. The van der Waals surface area contributed by atoms with Crippen molar-refractivity contribution in [2.24, 2.45) is 17.8 Å². The third-order valence-electron chi connectivity index (χ3n) is 6.65. The molecule has 4 nitrogen and oxygen atoms in total. The van der Waals surface area contributed by atoms with Gasteiger partial charge >= 0.3 is 5.97 Å². The van der Waals surface area contributed by atoms with Crippen LogP contribution in [0.4, 0.5) is 0 Å². The van der Waals surface area contributed by atoms with Gasteiger partial charge in [-0.25, -0.2) is 4.79 Å². The molecule has 3 unspecified atom stereocenters. The predicted molar refractivity (Wildman–Crippen MR) is 109 cm³/mol. The molecule has 2 rings (SSSR count). The zero-order valence-corrected chi connectivity index (χ0v) is 17.9. The second-order valence-corrected chi connectivity index (χ2v) is 8.29. The third kappa shape index (κ3) is 5.84. The van der Waals surface area contributed by atoms with Gasteiger partial charge in [-0.2, -0.15) is 0 Å². The molecule has 1 N–H and O–H groups in total. The lowest BCUT2D eigenvalue weighted by Crippen LogP contribution is -2.54. The highest BCUT2D eigenvalue weighted by molar-refractivity contribution is 5.85. The Hall–Kier alpha value is -0.320. The topological polar surface area (TPSA) is 49.8 Å². The number of aliphatic hydroxyl groups is 1. The Kier molecular flexibility index (Phi) is 10.5. The molecule has 0 aromatic carbocycles. The van der Waals surface area contributed by atoms with Crippen molar-refractivity contribution in [1.29, 1.82) is 0 Å². The Morgan fingerprint density at radius 2 is 1.65 bits per heavy atom. The lowest BCUT2D eigenvalue weighted by atomic mass is 9.65. The maximum atomic E-state index is 13.0. The van der Waals surface area contributed by atoms with Gasteiger partial charge in [-0.1, -0.05) is 52.9 Å². The lowest BCUT2D eigenvalue weighted by Gasteiger charge is -2.44. The first-order valence-corrected chi connectivity index (χ1v) is 10.6. The molecule has 0 heterocycles. The van der Waals surface area contributed by atoms with Crippen LogP contribution >= 0.6 is 12.4 Å². The molecule has 0 bridgehead atoms. The van der Waals surface area contributed by atoms with E-state index < -0.39 is 5.60 Å². The van der Waals surface area contributed by atoms with E-state index in [2.05, 4.69) is 25.7 Å². The normalized spacial score (nSPS) is 26.8. The van der Waals surface area contributed by atoms with E-state index in [0.717, 1.165) is 64.6 Å². The van der Waals surface area contributed by atoms with Crippen molar-refractivity contribution in [3.05, 3.63) is 0 Å². The molecule has 2 saturated carbocycles. The molecule has 0 saturated heterocycles. The van der Waals surface area contributed by atoms with Crippen molar-refractivity contribution >= 4 is 18.4 Å². The number of nitrogens with zero attached hydrogens (tertiary/aromatic N) is 1. The van der Waals surface area contributed by atoms with Crippen LogP contribution in [0.3, 0.4) is 0 Å². The Bertz CT molecular complexity index is 410. The van der Waals surface area contributed by atoms with Crippen LogP contribution in [0.1, 0.15) is 78.6 Å². The number of carbonyl (C=O) groups is 1. The number of esters is 1. The molecule has 154 valence electrons. The third-order valence-corrected chi connectivity index (χ3v) is 6.65. The summed E-state index contributed by atoms with van der Waals surface area (Å²) < 4.78 is 5.65. The summed E-state index contributed by atoms with van der Waals surface area (Å²) in [7, 11) is 0. The van der Waals surface area contributed by atoms with Gasteiger partial charge in [0.15, 0.2) is 5.60 Å². The van der Waals surface area contributed by atoms with Crippen LogP contribution in [0.2, 0.25) is 0 Å². The van der Waals surface area contributed by atoms with Gasteiger partial charge in [0.25, 0.3) is 0 Å². The van der Waals surface area contributed by atoms with E-state index in [9.17, 15) is 9.90 Å². The summed E-state index contributed by atoms with van der Waals surface area (Å²) in [5.74, 6) is 0.404. The van der Waals surface area contributed by atoms with Crippen LogP contribution in [-0.2, 0) is 9.53 Å². The fourth-order valence-corrected chi connectivity index (χ4v) is 4.97. The average molecular weight is 390 g/mol. The number of likely N-dealkylation sites (N-methyl/N-ethyl adjacent to an activating group) is 1. The standard InChI is InChI=1S/C21H39NO3.ClH/c1-4-22(5-2)14-15-25-20(23)21(24,18-11-7-6-8-12-18)19-13-9-10-17(3)16-19;/h17-19,24H,4-16H2,1-3H3;1H. The summed E-state index contributed by atoms with van der Waals surface area (Å²) in [5.41, 5.74) is -1.27. The van der Waals surface area contributed by atoms with E-state index in [1.165, 1.54) is 12.8 Å². The van der Waals surface area contributed by atoms with E-state index in [-0.39, 0.29) is 30.2 Å². The summed E-state index contributed by atoms with van der Waals surface area (Å²) in [5, 5.41) is 11.6. The van der Waals surface area contributed by atoms with E-state index in [0.29, 0.717) is 12.5 Å². The van der Waals surface area contributed by atoms with Gasteiger partial charge in [-0.05, 0) is 56.5 Å². The van der Waals surface area contributed by atoms with Crippen LogP contribution in [0.15, 0.2) is 0 Å². The molecule has 3 atom stereocenters. The maximum absolute atomic E-state index is 13.0. The molecule has 0 aromatic heterocycles. The lowest BCUT2D eigenvalue weighted by molar-refractivity contribution is -0.186. The quantitative estimate of drug-likeness (QED) is 0.624. The SMILES string of the molecule is CCN(CC)CCOC(=O)C(O)(C1CCCCC1)C1CCCC(C)C1.Cl. The highest BCUT2D eigenvalue weighted by Crippen LogP contribution is 2.44. The summed E-state index contributed by atoms with van der Waals surface area (Å²) >= 11 is 0. The van der Waals surface area contributed by atoms with Gasteiger partial charge in [0, 0.05) is 6.54 Å². The average Bonchev–Trinajstić information content (AvgIpc) is 2.65. The Morgan fingerprint density at radius 3 is 2.23 bits per heavy atom. The van der Waals surface area contributed by atoms with Crippen molar-refractivity contribution in [1.82, 2.24) is 4.90 Å². The minimum atomic E-state index is -1.27. The molecule has 2 aliphatic carbocycles. The Labute approximate surface area is 166 Å². The molecule has 0 spiro atoms. The zero-order chi connectivity index (χ0) is 18.3. The van der Waals surface area contributed by atoms with E-state index in [1.54, 1.807) is 0 Å². The molecular formula is C21H40ClNO3. The first-order chi connectivity index (χ1) is 12.0.